The first-order valence-corrected chi connectivity index (χ1v) is 10.1. The summed E-state index contributed by atoms with van der Waals surface area (Å²) in [4.78, 5) is 27.8. The number of nitrogens with zero attached hydrogens (tertiary/aromatic N) is 1. The minimum absolute atomic E-state index is 0. The summed E-state index contributed by atoms with van der Waals surface area (Å²) in [6.07, 6.45) is 3.01. The molecule has 0 radical (unpaired) electrons. The van der Waals surface area contributed by atoms with Crippen molar-refractivity contribution in [1.29, 1.82) is 0 Å². The van der Waals surface area contributed by atoms with Crippen LogP contribution in [0.2, 0.25) is 0 Å². The highest BCUT2D eigenvalue weighted by Crippen LogP contribution is 2.40. The van der Waals surface area contributed by atoms with Gasteiger partial charge in [0, 0.05) is 11.6 Å². The maximum Gasteiger partial charge on any atom is 0.252 e. The number of hydrogen-bond donors (Lipinski definition) is 2. The lowest BCUT2D eigenvalue weighted by Gasteiger charge is -2.43. The summed E-state index contributed by atoms with van der Waals surface area (Å²) in [6.45, 7) is 3.81. The molecule has 0 aromatic heterocycles. The largest absolute Gasteiger partial charge is 0.497 e. The zero-order chi connectivity index (χ0) is 19.7. The van der Waals surface area contributed by atoms with Crippen LogP contribution in [0.3, 0.4) is 0 Å². The Balaban J connectivity index is 0.00000240. The SMILES string of the molecule is COc1ccc([C@@H]2[C@@H](C(=O)NC3(C)CCNCC3)OCC(=O)N2C2CC2)cc1.Cl. The van der Waals surface area contributed by atoms with Gasteiger partial charge in [-0.25, -0.2) is 0 Å². The van der Waals surface area contributed by atoms with Crippen LogP contribution in [0.4, 0.5) is 0 Å². The normalized spacial score (nSPS) is 26.4. The van der Waals surface area contributed by atoms with Crippen molar-refractivity contribution in [3.8, 4) is 5.75 Å². The van der Waals surface area contributed by atoms with Crippen molar-refractivity contribution in [3.63, 3.8) is 0 Å². The van der Waals surface area contributed by atoms with Gasteiger partial charge in [-0.2, -0.15) is 0 Å². The van der Waals surface area contributed by atoms with Crippen LogP contribution in [0.25, 0.3) is 0 Å². The molecule has 2 saturated heterocycles. The van der Waals surface area contributed by atoms with Crippen molar-refractivity contribution in [1.82, 2.24) is 15.5 Å². The van der Waals surface area contributed by atoms with E-state index in [4.69, 9.17) is 9.47 Å². The molecule has 0 bridgehead atoms. The van der Waals surface area contributed by atoms with Gasteiger partial charge in [0.15, 0.2) is 6.10 Å². The molecule has 8 heteroatoms. The lowest BCUT2D eigenvalue weighted by molar-refractivity contribution is -0.166. The minimum atomic E-state index is -0.710. The van der Waals surface area contributed by atoms with E-state index in [0.29, 0.717) is 0 Å². The first-order valence-electron chi connectivity index (χ1n) is 10.1. The molecule has 3 aliphatic rings. The number of benzene rings is 1. The van der Waals surface area contributed by atoms with Gasteiger partial charge < -0.3 is 25.0 Å². The fourth-order valence-electron chi connectivity index (χ4n) is 4.24. The summed E-state index contributed by atoms with van der Waals surface area (Å²) < 4.78 is 11.1. The summed E-state index contributed by atoms with van der Waals surface area (Å²) in [7, 11) is 1.62. The summed E-state index contributed by atoms with van der Waals surface area (Å²) >= 11 is 0. The van der Waals surface area contributed by atoms with Crippen molar-refractivity contribution < 1.29 is 19.1 Å². The second-order valence-corrected chi connectivity index (χ2v) is 8.28. The minimum Gasteiger partial charge on any atom is -0.497 e. The summed E-state index contributed by atoms with van der Waals surface area (Å²) in [6, 6.07) is 7.37. The van der Waals surface area contributed by atoms with Crippen molar-refractivity contribution in [2.24, 2.45) is 0 Å². The zero-order valence-electron chi connectivity index (χ0n) is 17.0. The molecular weight excluding hydrogens is 394 g/mol. The van der Waals surface area contributed by atoms with E-state index in [9.17, 15) is 9.59 Å². The summed E-state index contributed by atoms with van der Waals surface area (Å²) in [5, 5.41) is 6.54. The number of halogens is 1. The third kappa shape index (κ3) is 4.68. The van der Waals surface area contributed by atoms with Gasteiger partial charge in [-0.3, -0.25) is 9.59 Å². The van der Waals surface area contributed by atoms with Gasteiger partial charge in [-0.1, -0.05) is 12.1 Å². The molecular formula is C21H30ClN3O4. The highest BCUT2D eigenvalue weighted by Gasteiger charge is 2.48. The second kappa shape index (κ2) is 8.90. The van der Waals surface area contributed by atoms with Gasteiger partial charge in [0.2, 0.25) is 5.91 Å². The van der Waals surface area contributed by atoms with Crippen LogP contribution in [-0.2, 0) is 14.3 Å². The Hall–Kier alpha value is -1.83. The molecule has 1 aliphatic carbocycles. The lowest BCUT2D eigenvalue weighted by atomic mass is 9.89. The van der Waals surface area contributed by atoms with Crippen LogP contribution in [0.1, 0.15) is 44.2 Å². The van der Waals surface area contributed by atoms with Crippen molar-refractivity contribution in [2.45, 2.75) is 56.3 Å². The average molecular weight is 424 g/mol. The van der Waals surface area contributed by atoms with Crippen molar-refractivity contribution in [3.05, 3.63) is 29.8 Å². The third-order valence-corrected chi connectivity index (χ3v) is 6.05. The molecule has 0 spiro atoms. The Kier molecular flexibility index (Phi) is 6.71. The molecule has 7 nitrogen and oxygen atoms in total. The Morgan fingerprint density at radius 1 is 1.24 bits per heavy atom. The van der Waals surface area contributed by atoms with E-state index in [2.05, 4.69) is 17.6 Å². The molecule has 0 unspecified atom stereocenters. The molecule has 160 valence electrons. The Morgan fingerprint density at radius 3 is 2.48 bits per heavy atom. The van der Waals surface area contributed by atoms with Gasteiger partial charge in [0.25, 0.3) is 5.91 Å². The predicted molar refractivity (Wildman–Crippen MR) is 111 cm³/mol. The molecule has 2 heterocycles. The maximum atomic E-state index is 13.3. The van der Waals surface area contributed by atoms with E-state index >= 15 is 0 Å². The second-order valence-electron chi connectivity index (χ2n) is 8.28. The number of piperidine rings is 1. The van der Waals surface area contributed by atoms with Crippen LogP contribution >= 0.6 is 12.4 Å². The molecule has 2 amide bonds. The van der Waals surface area contributed by atoms with Crippen LogP contribution in [0, 0.1) is 0 Å². The number of rotatable bonds is 5. The quantitative estimate of drug-likeness (QED) is 0.755. The molecule has 1 aromatic rings. The number of nitrogens with one attached hydrogen (secondary N) is 2. The highest BCUT2D eigenvalue weighted by atomic mass is 35.5. The van der Waals surface area contributed by atoms with Crippen molar-refractivity contribution in [2.75, 3.05) is 26.8 Å². The maximum absolute atomic E-state index is 13.3. The summed E-state index contributed by atoms with van der Waals surface area (Å²) in [5.74, 6) is 0.566. The molecule has 3 fully saturated rings. The first kappa shape index (κ1) is 21.9. The van der Waals surface area contributed by atoms with E-state index in [1.807, 2.05) is 29.2 Å². The predicted octanol–water partition coefficient (Wildman–Crippen LogP) is 1.81. The van der Waals surface area contributed by atoms with Crippen molar-refractivity contribution >= 4 is 24.2 Å². The van der Waals surface area contributed by atoms with E-state index < -0.39 is 12.1 Å². The molecule has 2 aliphatic heterocycles. The molecule has 2 N–H and O–H groups in total. The van der Waals surface area contributed by atoms with Gasteiger partial charge in [-0.05, 0) is 63.4 Å². The first-order chi connectivity index (χ1) is 13.5. The van der Waals surface area contributed by atoms with Gasteiger partial charge >= 0.3 is 0 Å². The monoisotopic (exact) mass is 423 g/mol. The summed E-state index contributed by atoms with van der Waals surface area (Å²) in [5.41, 5.74) is 0.651. The third-order valence-electron chi connectivity index (χ3n) is 6.05. The number of carbonyl (C=O) groups is 2. The Morgan fingerprint density at radius 2 is 1.90 bits per heavy atom. The van der Waals surface area contributed by atoms with E-state index in [1.165, 1.54) is 0 Å². The molecule has 1 saturated carbocycles. The standard InChI is InChI=1S/C21H29N3O4.ClH/c1-21(9-11-22-12-10-21)23-20(26)19-18(14-3-7-16(27-2)8-4-14)24(15-5-6-15)17(25)13-28-19;/h3-4,7-8,15,18-19,22H,5-6,9-13H2,1-2H3,(H,23,26);1H/t18-,19+;/m1./s1. The topological polar surface area (TPSA) is 79.9 Å². The fraction of sp³-hybridized carbons (Fsp3) is 0.619. The Labute approximate surface area is 177 Å². The fourth-order valence-corrected chi connectivity index (χ4v) is 4.24. The van der Waals surface area contributed by atoms with Crippen LogP contribution in [-0.4, -0.2) is 61.2 Å². The average Bonchev–Trinajstić information content (AvgIpc) is 3.53. The molecule has 2 atom stereocenters. The lowest BCUT2D eigenvalue weighted by Crippen LogP contribution is -2.60. The smallest absolute Gasteiger partial charge is 0.252 e. The number of morpholine rings is 1. The Bertz CT molecular complexity index is 732. The van der Waals surface area contributed by atoms with E-state index in [-0.39, 0.29) is 42.4 Å². The van der Waals surface area contributed by atoms with Crippen LogP contribution in [0.5, 0.6) is 5.75 Å². The highest BCUT2D eigenvalue weighted by molar-refractivity contribution is 5.87. The number of carbonyl (C=O) groups excluding carboxylic acids is 2. The molecule has 1 aromatic carbocycles. The van der Waals surface area contributed by atoms with Crippen LogP contribution in [0.15, 0.2) is 24.3 Å². The number of hydrogen-bond acceptors (Lipinski definition) is 5. The van der Waals surface area contributed by atoms with E-state index in [1.54, 1.807) is 7.11 Å². The number of amides is 2. The van der Waals surface area contributed by atoms with Gasteiger partial charge in [0.1, 0.15) is 12.4 Å². The molecule has 29 heavy (non-hydrogen) atoms. The zero-order valence-corrected chi connectivity index (χ0v) is 17.8. The van der Waals surface area contributed by atoms with E-state index in [0.717, 1.165) is 50.1 Å². The van der Waals surface area contributed by atoms with Gasteiger partial charge in [0.05, 0.1) is 13.2 Å². The molecule has 4 rings (SSSR count). The van der Waals surface area contributed by atoms with Crippen LogP contribution < -0.4 is 15.4 Å². The number of methoxy groups -OCH3 is 1. The van der Waals surface area contributed by atoms with Gasteiger partial charge in [-0.15, -0.1) is 12.4 Å². The number of ether oxygens (including phenoxy) is 2.